The van der Waals surface area contributed by atoms with E-state index < -0.39 is 0 Å². The Morgan fingerprint density at radius 2 is 1.12 bits per heavy atom. The SMILES string of the molecule is CCCc1nnc2c(=O)n(Cc3cccc(F)c3)cc([C@@H]3CCOC3)n12.CCCc1nnc2c(=O)n(Cc3cccc(F)c3)cc([C@H]3CCOC3)n12. The van der Waals surface area contributed by atoms with Crippen LogP contribution in [0.25, 0.3) is 11.3 Å². The van der Waals surface area contributed by atoms with Crippen LogP contribution in [0.3, 0.4) is 0 Å². The zero-order chi connectivity index (χ0) is 36.2. The largest absolute Gasteiger partial charge is 0.381 e. The van der Waals surface area contributed by atoms with Crippen molar-refractivity contribution in [3.63, 3.8) is 0 Å². The smallest absolute Gasteiger partial charge is 0.296 e. The summed E-state index contributed by atoms with van der Waals surface area (Å²) in [4.78, 5) is 25.8. The molecule has 14 heteroatoms. The van der Waals surface area contributed by atoms with Gasteiger partial charge in [-0.3, -0.25) is 18.4 Å². The van der Waals surface area contributed by atoms with Gasteiger partial charge in [-0.15, -0.1) is 20.4 Å². The van der Waals surface area contributed by atoms with Crippen molar-refractivity contribution in [2.24, 2.45) is 0 Å². The third-order valence-electron chi connectivity index (χ3n) is 9.58. The van der Waals surface area contributed by atoms with E-state index in [1.807, 2.05) is 33.3 Å². The van der Waals surface area contributed by atoms with Crippen LogP contribution in [0.1, 0.15) is 85.5 Å². The summed E-state index contributed by atoms with van der Waals surface area (Å²) in [5.41, 5.74) is 3.67. The number of benzene rings is 2. The molecule has 0 unspecified atom stereocenters. The minimum Gasteiger partial charge on any atom is -0.381 e. The second-order valence-corrected chi connectivity index (χ2v) is 13.4. The van der Waals surface area contributed by atoms with Crippen molar-refractivity contribution >= 4 is 11.3 Å². The van der Waals surface area contributed by atoms with E-state index in [2.05, 4.69) is 34.2 Å². The molecule has 2 aromatic carbocycles. The van der Waals surface area contributed by atoms with E-state index >= 15 is 0 Å². The van der Waals surface area contributed by atoms with Crippen LogP contribution in [0.2, 0.25) is 0 Å². The molecule has 52 heavy (non-hydrogen) atoms. The molecule has 0 bridgehead atoms. The molecule has 0 spiro atoms. The summed E-state index contributed by atoms with van der Waals surface area (Å²) >= 11 is 0. The molecule has 0 N–H and O–H groups in total. The van der Waals surface area contributed by atoms with Crippen LogP contribution in [-0.4, -0.2) is 64.8 Å². The van der Waals surface area contributed by atoms with Gasteiger partial charge in [0.15, 0.2) is 0 Å². The summed E-state index contributed by atoms with van der Waals surface area (Å²) in [6, 6.07) is 12.6. The second-order valence-electron chi connectivity index (χ2n) is 13.4. The van der Waals surface area contributed by atoms with E-state index in [1.165, 1.54) is 24.3 Å². The Balaban J connectivity index is 0.000000162. The fourth-order valence-electron chi connectivity index (χ4n) is 7.04. The minimum atomic E-state index is -0.311. The molecular formula is C38H42F2N8O4. The number of hydrogen-bond acceptors (Lipinski definition) is 8. The van der Waals surface area contributed by atoms with Crippen molar-refractivity contribution in [2.75, 3.05) is 26.4 Å². The van der Waals surface area contributed by atoms with Crippen molar-refractivity contribution in [3.05, 3.63) is 127 Å². The van der Waals surface area contributed by atoms with Gasteiger partial charge >= 0.3 is 0 Å². The number of halogens is 2. The minimum absolute atomic E-state index is 0.198. The number of hydrogen-bond donors (Lipinski definition) is 0. The summed E-state index contributed by atoms with van der Waals surface area (Å²) in [5.74, 6) is 1.38. The number of rotatable bonds is 10. The molecular weight excluding hydrogens is 670 g/mol. The van der Waals surface area contributed by atoms with Crippen LogP contribution in [0, 0.1) is 11.6 Å². The topological polar surface area (TPSA) is 123 Å². The Labute approximate surface area is 298 Å². The molecule has 6 heterocycles. The molecule has 2 aliphatic rings. The molecule has 4 aromatic heterocycles. The molecule has 2 aliphatic heterocycles. The van der Waals surface area contributed by atoms with Crippen LogP contribution in [0.15, 0.2) is 70.5 Å². The van der Waals surface area contributed by atoms with Gasteiger partial charge in [0.05, 0.1) is 26.3 Å². The third kappa shape index (κ3) is 7.30. The first-order valence-corrected chi connectivity index (χ1v) is 17.9. The van der Waals surface area contributed by atoms with E-state index in [0.717, 1.165) is 72.7 Å². The quantitative estimate of drug-likeness (QED) is 0.193. The first kappa shape index (κ1) is 35.3. The summed E-state index contributed by atoms with van der Waals surface area (Å²) in [7, 11) is 0. The van der Waals surface area contributed by atoms with Crippen LogP contribution >= 0.6 is 0 Å². The molecule has 0 saturated carbocycles. The molecule has 2 fully saturated rings. The predicted molar refractivity (Wildman–Crippen MR) is 190 cm³/mol. The molecule has 0 aliphatic carbocycles. The van der Waals surface area contributed by atoms with Gasteiger partial charge in [-0.25, -0.2) is 8.78 Å². The number of aryl methyl sites for hydroxylation is 2. The first-order chi connectivity index (χ1) is 25.3. The standard InChI is InChI=1S/2C19H21FN4O2/c2*1-2-4-17-21-22-18-19(25)23(10-13-5-3-6-15(20)9-13)11-16(24(17)18)14-7-8-26-12-14/h2*3,5-6,9,11,14H,2,4,7-8,10,12H2,1H3/t2*14-/m10/s1. The lowest BCUT2D eigenvalue weighted by Crippen LogP contribution is -2.26. The molecule has 2 atom stereocenters. The van der Waals surface area contributed by atoms with Gasteiger partial charge < -0.3 is 18.6 Å². The maximum Gasteiger partial charge on any atom is 0.296 e. The lowest BCUT2D eigenvalue weighted by Gasteiger charge is -2.16. The summed E-state index contributed by atoms with van der Waals surface area (Å²) in [5, 5.41) is 16.8. The first-order valence-electron chi connectivity index (χ1n) is 17.9. The summed E-state index contributed by atoms with van der Waals surface area (Å²) < 4.78 is 45.1. The highest BCUT2D eigenvalue weighted by Crippen LogP contribution is 2.27. The zero-order valence-corrected chi connectivity index (χ0v) is 29.4. The Kier molecular flexibility index (Phi) is 10.6. The van der Waals surface area contributed by atoms with Crippen molar-refractivity contribution < 1.29 is 18.3 Å². The van der Waals surface area contributed by atoms with E-state index in [-0.39, 0.29) is 34.6 Å². The van der Waals surface area contributed by atoms with Crippen molar-refractivity contribution in [1.82, 2.24) is 38.3 Å². The Morgan fingerprint density at radius 3 is 1.48 bits per heavy atom. The number of ether oxygens (including phenoxy) is 2. The van der Waals surface area contributed by atoms with Crippen molar-refractivity contribution in [2.45, 2.75) is 77.3 Å². The Morgan fingerprint density at radius 1 is 0.673 bits per heavy atom. The van der Waals surface area contributed by atoms with Gasteiger partial charge in [0.25, 0.3) is 11.1 Å². The fourth-order valence-corrected chi connectivity index (χ4v) is 7.04. The zero-order valence-electron chi connectivity index (χ0n) is 29.4. The van der Waals surface area contributed by atoms with Gasteiger partial charge in [0, 0.05) is 61.7 Å². The highest BCUT2D eigenvalue weighted by atomic mass is 19.1. The second kappa shape index (κ2) is 15.7. The van der Waals surface area contributed by atoms with E-state index in [4.69, 9.17) is 9.47 Å². The summed E-state index contributed by atoms with van der Waals surface area (Å²) in [6.07, 6.45) is 8.89. The van der Waals surface area contributed by atoms with E-state index in [1.54, 1.807) is 21.3 Å². The molecule has 6 aromatic rings. The highest BCUT2D eigenvalue weighted by molar-refractivity contribution is 5.40. The molecule has 8 rings (SSSR count). The molecule has 2 saturated heterocycles. The van der Waals surface area contributed by atoms with E-state index in [9.17, 15) is 18.4 Å². The van der Waals surface area contributed by atoms with Gasteiger partial charge in [-0.05, 0) is 61.1 Å². The number of nitrogens with zero attached hydrogens (tertiary/aromatic N) is 8. The van der Waals surface area contributed by atoms with Crippen LogP contribution < -0.4 is 11.1 Å². The van der Waals surface area contributed by atoms with Gasteiger partial charge in [-0.2, -0.15) is 0 Å². The average molecular weight is 713 g/mol. The molecule has 0 radical (unpaired) electrons. The lowest BCUT2D eigenvalue weighted by atomic mass is 10.0. The third-order valence-corrected chi connectivity index (χ3v) is 9.58. The Bertz CT molecular complexity index is 2140. The van der Waals surface area contributed by atoms with Gasteiger partial charge in [0.1, 0.15) is 23.3 Å². The highest BCUT2D eigenvalue weighted by Gasteiger charge is 2.26. The Hall–Kier alpha value is -5.08. The van der Waals surface area contributed by atoms with Crippen LogP contribution in [-0.2, 0) is 35.4 Å². The molecule has 0 amide bonds. The molecule has 272 valence electrons. The number of aromatic nitrogens is 8. The monoisotopic (exact) mass is 712 g/mol. The average Bonchev–Trinajstić information content (AvgIpc) is 3.97. The maximum absolute atomic E-state index is 13.5. The predicted octanol–water partition coefficient (Wildman–Crippen LogP) is 5.07. The van der Waals surface area contributed by atoms with Crippen molar-refractivity contribution in [3.8, 4) is 0 Å². The van der Waals surface area contributed by atoms with Crippen LogP contribution in [0.5, 0.6) is 0 Å². The van der Waals surface area contributed by atoms with Gasteiger partial charge in [0.2, 0.25) is 11.3 Å². The fraction of sp³-hybridized carbons (Fsp3) is 0.421. The normalized spacial score (nSPS) is 17.2. The maximum atomic E-state index is 13.5. The lowest BCUT2D eigenvalue weighted by molar-refractivity contribution is 0.193. The molecule has 12 nitrogen and oxygen atoms in total. The summed E-state index contributed by atoms with van der Waals surface area (Å²) in [6.45, 7) is 7.40. The van der Waals surface area contributed by atoms with E-state index in [0.29, 0.717) is 50.8 Å². The van der Waals surface area contributed by atoms with Gasteiger partial charge in [-0.1, -0.05) is 38.1 Å². The number of fused-ring (bicyclic) bond motifs is 2. The van der Waals surface area contributed by atoms with Crippen molar-refractivity contribution in [1.29, 1.82) is 0 Å². The van der Waals surface area contributed by atoms with Crippen LogP contribution in [0.4, 0.5) is 8.78 Å².